The van der Waals surface area contributed by atoms with Gasteiger partial charge in [-0.2, -0.15) is 0 Å². The first kappa shape index (κ1) is 18.2. The lowest BCUT2D eigenvalue weighted by Crippen LogP contribution is -2.69. The minimum absolute atomic E-state index is 0.285. The number of fused-ring (bicyclic) bond motifs is 1. The van der Waals surface area contributed by atoms with Crippen molar-refractivity contribution in [1.82, 2.24) is 0 Å². The molecule has 0 saturated carbocycles. The van der Waals surface area contributed by atoms with Gasteiger partial charge in [0.25, 0.3) is 0 Å². The monoisotopic (exact) mass is 369 g/mol. The third-order valence-corrected chi connectivity index (χ3v) is 5.49. The van der Waals surface area contributed by atoms with Crippen molar-refractivity contribution in [2.24, 2.45) is 5.16 Å². The first-order valence-corrected chi connectivity index (χ1v) is 9.67. The lowest BCUT2D eigenvalue weighted by atomic mass is 9.88. The van der Waals surface area contributed by atoms with Crippen molar-refractivity contribution in [3.8, 4) is 0 Å². The highest BCUT2D eigenvalue weighted by atomic mass is 16.8. The summed E-state index contributed by atoms with van der Waals surface area (Å²) < 4.78 is 29.9. The number of rotatable bonds is 3. The highest BCUT2D eigenvalue weighted by molar-refractivity contribution is 6.36. The van der Waals surface area contributed by atoms with E-state index in [1.807, 2.05) is 0 Å². The molecule has 3 saturated heterocycles. The minimum Gasteiger partial charge on any atom is -0.461 e. The summed E-state index contributed by atoms with van der Waals surface area (Å²) in [5.74, 6) is -2.20. The van der Waals surface area contributed by atoms with Crippen molar-refractivity contribution < 1.29 is 33.3 Å². The van der Waals surface area contributed by atoms with Gasteiger partial charge in [-0.1, -0.05) is 5.16 Å². The fourth-order valence-corrected chi connectivity index (χ4v) is 4.15. The molecule has 0 aliphatic carbocycles. The molecule has 2 spiro atoms. The zero-order chi connectivity index (χ0) is 18.0. The fraction of sp³-hybridized carbons (Fsp3) is 0.889. The second-order valence-corrected chi connectivity index (χ2v) is 7.19. The van der Waals surface area contributed by atoms with E-state index in [4.69, 9.17) is 28.5 Å². The summed E-state index contributed by atoms with van der Waals surface area (Å²) in [6.45, 7) is 3.66. The molecule has 26 heavy (non-hydrogen) atoms. The summed E-state index contributed by atoms with van der Waals surface area (Å²) in [5.41, 5.74) is 0.285. The number of oxime groups is 1. The van der Waals surface area contributed by atoms with Gasteiger partial charge in [-0.3, -0.25) is 0 Å². The maximum Gasteiger partial charge on any atom is 0.356 e. The molecule has 0 aromatic carbocycles. The van der Waals surface area contributed by atoms with Gasteiger partial charge in [-0.05, 0) is 32.6 Å². The van der Waals surface area contributed by atoms with Crippen LogP contribution in [0.3, 0.4) is 0 Å². The van der Waals surface area contributed by atoms with Crippen LogP contribution in [-0.2, 0) is 33.3 Å². The second kappa shape index (κ2) is 7.42. The molecule has 4 atom stereocenters. The molecule has 146 valence electrons. The Hall–Kier alpha value is -1.22. The van der Waals surface area contributed by atoms with Crippen LogP contribution in [0.4, 0.5) is 0 Å². The first-order chi connectivity index (χ1) is 12.7. The Kier molecular flexibility index (Phi) is 5.18. The van der Waals surface area contributed by atoms with Crippen LogP contribution in [0.5, 0.6) is 0 Å². The van der Waals surface area contributed by atoms with Gasteiger partial charge in [0, 0.05) is 19.3 Å². The van der Waals surface area contributed by atoms with Crippen LogP contribution in [0, 0.1) is 0 Å². The molecule has 0 radical (unpaired) electrons. The normalized spacial score (nSPS) is 40.3. The molecule has 8 heteroatoms. The Bertz CT molecular complexity index is 552. The van der Waals surface area contributed by atoms with Gasteiger partial charge >= 0.3 is 5.97 Å². The van der Waals surface area contributed by atoms with Gasteiger partial charge in [0.15, 0.2) is 11.8 Å². The van der Waals surface area contributed by atoms with E-state index in [0.29, 0.717) is 32.8 Å². The second-order valence-electron chi connectivity index (χ2n) is 7.19. The Labute approximate surface area is 153 Å². The summed E-state index contributed by atoms with van der Waals surface area (Å²) in [6, 6.07) is 0. The number of carbonyl (C=O) groups excluding carboxylic acids is 1. The molecule has 4 heterocycles. The van der Waals surface area contributed by atoms with Gasteiger partial charge in [-0.25, -0.2) is 4.79 Å². The molecular formula is C18H27NO7. The van der Waals surface area contributed by atoms with Crippen LogP contribution in [0.25, 0.3) is 0 Å². The van der Waals surface area contributed by atoms with Crippen LogP contribution >= 0.6 is 0 Å². The zero-order valence-corrected chi connectivity index (χ0v) is 15.2. The quantitative estimate of drug-likeness (QED) is 0.703. The molecule has 0 amide bonds. The number of hydrogen-bond acceptors (Lipinski definition) is 8. The van der Waals surface area contributed by atoms with E-state index in [1.165, 1.54) is 0 Å². The standard InChI is InChI=1S/C18H27NO7/c1-2-21-16(20)13-11-14(26-19-13)15-12-24-17(7-3-5-9-22-17)18(25-15)8-4-6-10-23-18/h14-15H,2-12H2,1H3/t14-,15-,17-,18-/m1/s1. The van der Waals surface area contributed by atoms with Crippen molar-refractivity contribution in [3.05, 3.63) is 0 Å². The van der Waals surface area contributed by atoms with Gasteiger partial charge in [0.2, 0.25) is 11.6 Å². The topological polar surface area (TPSA) is 84.8 Å². The Morgan fingerprint density at radius 2 is 1.81 bits per heavy atom. The van der Waals surface area contributed by atoms with E-state index in [1.54, 1.807) is 6.92 Å². The van der Waals surface area contributed by atoms with E-state index in [0.717, 1.165) is 38.5 Å². The number of carbonyl (C=O) groups is 1. The van der Waals surface area contributed by atoms with Crippen molar-refractivity contribution >= 4 is 11.7 Å². The van der Waals surface area contributed by atoms with Crippen molar-refractivity contribution in [2.75, 3.05) is 26.4 Å². The summed E-state index contributed by atoms with van der Waals surface area (Å²) in [5, 5.41) is 3.88. The first-order valence-electron chi connectivity index (χ1n) is 9.67. The fourth-order valence-electron chi connectivity index (χ4n) is 4.15. The summed E-state index contributed by atoms with van der Waals surface area (Å²) in [7, 11) is 0. The van der Waals surface area contributed by atoms with Crippen molar-refractivity contribution in [1.29, 1.82) is 0 Å². The number of hydrogen-bond donors (Lipinski definition) is 0. The lowest BCUT2D eigenvalue weighted by Gasteiger charge is -2.56. The highest BCUT2D eigenvalue weighted by Crippen LogP contribution is 2.48. The summed E-state index contributed by atoms with van der Waals surface area (Å²) >= 11 is 0. The molecule has 0 aromatic heterocycles. The van der Waals surface area contributed by atoms with Gasteiger partial charge in [0.05, 0.1) is 26.4 Å². The Morgan fingerprint density at radius 3 is 2.46 bits per heavy atom. The van der Waals surface area contributed by atoms with E-state index in [9.17, 15) is 4.79 Å². The average Bonchev–Trinajstić information content (AvgIpc) is 3.16. The largest absolute Gasteiger partial charge is 0.461 e. The number of esters is 1. The Balaban J connectivity index is 1.47. The van der Waals surface area contributed by atoms with Crippen LogP contribution in [0.2, 0.25) is 0 Å². The van der Waals surface area contributed by atoms with E-state index < -0.39 is 23.6 Å². The molecule has 8 nitrogen and oxygen atoms in total. The highest BCUT2D eigenvalue weighted by Gasteiger charge is 2.62. The summed E-state index contributed by atoms with van der Waals surface area (Å²) in [6.07, 6.45) is 5.10. The van der Waals surface area contributed by atoms with E-state index in [2.05, 4.69) is 5.16 Å². The predicted molar refractivity (Wildman–Crippen MR) is 89.5 cm³/mol. The van der Waals surface area contributed by atoms with E-state index >= 15 is 0 Å². The molecule has 0 N–H and O–H groups in total. The third-order valence-electron chi connectivity index (χ3n) is 5.49. The maximum absolute atomic E-state index is 11.9. The van der Waals surface area contributed by atoms with Gasteiger partial charge in [0.1, 0.15) is 6.10 Å². The van der Waals surface area contributed by atoms with Crippen LogP contribution in [-0.4, -0.2) is 61.9 Å². The van der Waals surface area contributed by atoms with Crippen LogP contribution in [0.1, 0.15) is 51.9 Å². The maximum atomic E-state index is 11.9. The van der Waals surface area contributed by atoms with Crippen LogP contribution in [0.15, 0.2) is 5.16 Å². The average molecular weight is 369 g/mol. The smallest absolute Gasteiger partial charge is 0.356 e. The number of nitrogens with zero attached hydrogens (tertiary/aromatic N) is 1. The SMILES string of the molecule is CCOC(=O)C1=NO[C@@H]([C@H]2CO[C@]3(CCCCO3)[C@@]3(CCCCO3)O2)C1. The molecule has 0 aromatic rings. The zero-order valence-electron chi connectivity index (χ0n) is 15.2. The Morgan fingerprint density at radius 1 is 1.08 bits per heavy atom. The van der Waals surface area contributed by atoms with Gasteiger partial charge in [-0.15, -0.1) is 0 Å². The van der Waals surface area contributed by atoms with Crippen molar-refractivity contribution in [3.63, 3.8) is 0 Å². The number of ether oxygens (including phenoxy) is 5. The van der Waals surface area contributed by atoms with Gasteiger partial charge < -0.3 is 28.5 Å². The van der Waals surface area contributed by atoms with E-state index in [-0.39, 0.29) is 11.8 Å². The molecule has 3 fully saturated rings. The lowest BCUT2D eigenvalue weighted by molar-refractivity contribution is -0.471. The molecule has 4 aliphatic heterocycles. The molecular weight excluding hydrogens is 342 g/mol. The molecule has 4 aliphatic rings. The molecule has 0 bridgehead atoms. The third kappa shape index (κ3) is 3.13. The molecule has 4 rings (SSSR count). The predicted octanol–water partition coefficient (Wildman–Crippen LogP) is 1.90. The minimum atomic E-state index is -0.912. The summed E-state index contributed by atoms with van der Waals surface area (Å²) in [4.78, 5) is 17.3. The molecule has 0 unspecified atom stereocenters. The van der Waals surface area contributed by atoms with Crippen LogP contribution < -0.4 is 0 Å². The van der Waals surface area contributed by atoms with Crippen molar-refractivity contribution in [2.45, 2.75) is 75.7 Å².